The van der Waals surface area contributed by atoms with Crippen molar-refractivity contribution in [2.45, 2.75) is 0 Å². The molecule has 0 spiro atoms. The maximum absolute atomic E-state index is 6.25. The monoisotopic (exact) mass is 246 g/mol. The van der Waals surface area contributed by atoms with E-state index in [1.807, 2.05) is 0 Å². The van der Waals surface area contributed by atoms with E-state index in [0.29, 0.717) is 0 Å². The van der Waals surface area contributed by atoms with Crippen LogP contribution in [0.15, 0.2) is 0 Å². The van der Waals surface area contributed by atoms with E-state index < -0.39 is 0 Å². The first kappa shape index (κ1) is 18.8. The van der Waals surface area contributed by atoms with Crippen LogP contribution in [0.5, 0.6) is 0 Å². The molecule has 0 unspecified atom stereocenters. The Morgan fingerprint density at radius 2 is 1.25 bits per heavy atom. The molecule has 0 aromatic heterocycles. The summed E-state index contributed by atoms with van der Waals surface area (Å²) in [5.41, 5.74) is 0. The van der Waals surface area contributed by atoms with Crippen molar-refractivity contribution >= 4 is 0 Å². The second-order valence-corrected chi connectivity index (χ2v) is 0. The molecule has 0 fully saturated rings. The Morgan fingerprint density at radius 1 is 1.25 bits per heavy atom. The molecule has 0 saturated carbocycles. The van der Waals surface area contributed by atoms with Gasteiger partial charge in [-0.05, 0) is 0 Å². The maximum Gasteiger partial charge on any atom is 1.00 e. The SMILES string of the molecule is [Au].[C-]#N.[Na+]. The van der Waals surface area contributed by atoms with Gasteiger partial charge >= 0.3 is 29.6 Å². The van der Waals surface area contributed by atoms with Crippen molar-refractivity contribution in [1.82, 2.24) is 0 Å². The molecule has 1 radical (unpaired) electrons. The molecule has 21 valence electrons. The average Bonchev–Trinajstić information content (AvgIpc) is 1.00. The van der Waals surface area contributed by atoms with Gasteiger partial charge in [0.05, 0.1) is 0 Å². The zero-order valence-electron chi connectivity index (χ0n) is 2.25. The van der Waals surface area contributed by atoms with Crippen molar-refractivity contribution in [3.63, 3.8) is 0 Å². The smallest absolute Gasteiger partial charge is 0.512 e. The Kier molecular flexibility index (Phi) is 137. The molecule has 1 nitrogen and oxygen atoms in total. The Bertz CT molecular complexity index is 12.8. The molecule has 0 rings (SSSR count). The summed E-state index contributed by atoms with van der Waals surface area (Å²) in [7, 11) is 0. The third kappa shape index (κ3) is 10.6. The van der Waals surface area contributed by atoms with Crippen LogP contribution < -0.4 is 29.6 Å². The van der Waals surface area contributed by atoms with Gasteiger partial charge in [-0.25, -0.2) is 0 Å². The Morgan fingerprint density at radius 3 is 1.25 bits per heavy atom. The number of hydrogen-bond acceptors (Lipinski definition) is 1. The van der Waals surface area contributed by atoms with E-state index in [9.17, 15) is 0 Å². The summed E-state index contributed by atoms with van der Waals surface area (Å²) in [6.45, 7) is 4.75. The summed E-state index contributed by atoms with van der Waals surface area (Å²) in [6, 6.07) is 0. The van der Waals surface area contributed by atoms with Crippen molar-refractivity contribution < 1.29 is 51.9 Å². The second-order valence-electron chi connectivity index (χ2n) is 0. The van der Waals surface area contributed by atoms with Gasteiger partial charge in [0.2, 0.25) is 0 Å². The van der Waals surface area contributed by atoms with Crippen LogP contribution in [0.2, 0.25) is 0 Å². The first-order valence-corrected chi connectivity index (χ1v) is 0.224. The van der Waals surface area contributed by atoms with Gasteiger partial charge in [0.1, 0.15) is 0 Å². The zero-order chi connectivity index (χ0) is 2.00. The molecule has 0 aromatic rings. The molecule has 0 aliphatic heterocycles. The fourth-order valence-electron chi connectivity index (χ4n) is 0. The molecule has 0 aromatic carbocycles. The topological polar surface area (TPSA) is 23.8 Å². The van der Waals surface area contributed by atoms with Crippen LogP contribution in [-0.2, 0) is 22.4 Å². The Labute approximate surface area is 63.2 Å². The summed E-state index contributed by atoms with van der Waals surface area (Å²) >= 11 is 0. The van der Waals surface area contributed by atoms with E-state index in [1.54, 1.807) is 0 Å². The van der Waals surface area contributed by atoms with Crippen LogP contribution in [-0.4, -0.2) is 0 Å². The van der Waals surface area contributed by atoms with Gasteiger partial charge in [0.15, 0.2) is 0 Å². The van der Waals surface area contributed by atoms with E-state index in [0.717, 1.165) is 0 Å². The van der Waals surface area contributed by atoms with E-state index in [-0.39, 0.29) is 51.9 Å². The van der Waals surface area contributed by atoms with E-state index in [4.69, 9.17) is 11.8 Å². The van der Waals surface area contributed by atoms with Crippen LogP contribution in [0, 0.1) is 11.8 Å². The van der Waals surface area contributed by atoms with E-state index >= 15 is 0 Å². The van der Waals surface area contributed by atoms with Crippen LogP contribution >= 0.6 is 0 Å². The first-order chi connectivity index (χ1) is 1.00. The molecule has 0 amide bonds. The van der Waals surface area contributed by atoms with E-state index in [2.05, 4.69) is 0 Å². The average molecular weight is 246 g/mol. The normalized spacial score (nSPS) is 0.500. The summed E-state index contributed by atoms with van der Waals surface area (Å²) < 4.78 is 0. The molecule has 0 atom stereocenters. The third-order valence-electron chi connectivity index (χ3n) is 0. The summed E-state index contributed by atoms with van der Waals surface area (Å²) in [4.78, 5) is 0. The van der Waals surface area contributed by atoms with Crippen molar-refractivity contribution in [2.24, 2.45) is 0 Å². The Hall–Kier alpha value is 1.23. The van der Waals surface area contributed by atoms with Crippen molar-refractivity contribution in [2.75, 3.05) is 0 Å². The minimum Gasteiger partial charge on any atom is -0.512 e. The second kappa shape index (κ2) is 29.2. The first-order valence-electron chi connectivity index (χ1n) is 0.224. The van der Waals surface area contributed by atoms with Crippen LogP contribution in [0.3, 0.4) is 0 Å². The molecule has 0 aliphatic carbocycles. The molecule has 0 saturated heterocycles. The zero-order valence-corrected chi connectivity index (χ0v) is 6.42. The summed E-state index contributed by atoms with van der Waals surface area (Å²) in [6.07, 6.45) is 0. The minimum atomic E-state index is 0. The van der Waals surface area contributed by atoms with Crippen molar-refractivity contribution in [1.29, 1.82) is 5.26 Å². The van der Waals surface area contributed by atoms with Gasteiger partial charge in [-0.15, -0.1) is 0 Å². The van der Waals surface area contributed by atoms with Crippen LogP contribution in [0.25, 0.3) is 0 Å². The molecule has 4 heavy (non-hydrogen) atoms. The fraction of sp³-hybridized carbons (Fsp3) is 0. The van der Waals surface area contributed by atoms with Crippen LogP contribution in [0.4, 0.5) is 0 Å². The molecule has 0 heterocycles. The number of rotatable bonds is 0. The molecule has 0 N–H and O–H groups in total. The molecule has 0 aliphatic rings. The number of nitrogens with zero attached hydrogens (tertiary/aromatic N) is 1. The standard InChI is InChI=1S/CN.Au.Na/c1-2;;/q-1;;+1. The van der Waals surface area contributed by atoms with Gasteiger partial charge in [-0.1, -0.05) is 0 Å². The molecule has 3 heteroatoms. The quantitative estimate of drug-likeness (QED) is 0.332. The molecular formula is CAuNNa. The van der Waals surface area contributed by atoms with Crippen LogP contribution in [0.1, 0.15) is 0 Å². The molecule has 0 bridgehead atoms. The largest absolute Gasteiger partial charge is 1.00 e. The van der Waals surface area contributed by atoms with Gasteiger partial charge in [0.25, 0.3) is 0 Å². The van der Waals surface area contributed by atoms with Crippen molar-refractivity contribution in [3.05, 3.63) is 6.57 Å². The predicted octanol–water partition coefficient (Wildman–Crippen LogP) is -2.90. The maximum atomic E-state index is 6.25. The van der Waals surface area contributed by atoms with Gasteiger partial charge in [-0.2, -0.15) is 0 Å². The van der Waals surface area contributed by atoms with Gasteiger partial charge < -0.3 is 11.8 Å². The third-order valence-corrected chi connectivity index (χ3v) is 0. The fourth-order valence-corrected chi connectivity index (χ4v) is 0. The number of hydrogen-bond donors (Lipinski definition) is 0. The van der Waals surface area contributed by atoms with E-state index in [1.165, 1.54) is 0 Å². The predicted molar refractivity (Wildman–Crippen MR) is 4.97 cm³/mol. The Balaban J connectivity index is -0.00000000500. The molecular weight excluding hydrogens is 246 g/mol. The summed E-state index contributed by atoms with van der Waals surface area (Å²) in [5, 5.41) is 6.25. The van der Waals surface area contributed by atoms with Gasteiger partial charge in [-0.3, -0.25) is 0 Å². The minimum absolute atomic E-state index is 0. The summed E-state index contributed by atoms with van der Waals surface area (Å²) in [5.74, 6) is 0. The van der Waals surface area contributed by atoms with Crippen molar-refractivity contribution in [3.8, 4) is 0 Å². The van der Waals surface area contributed by atoms with Gasteiger partial charge in [0, 0.05) is 22.4 Å².